The summed E-state index contributed by atoms with van der Waals surface area (Å²) < 4.78 is 29.9. The minimum atomic E-state index is -3.61. The molecule has 0 saturated heterocycles. The van der Waals surface area contributed by atoms with Crippen LogP contribution in [-0.4, -0.2) is 50.1 Å². The molecule has 4 aromatic rings. The fourth-order valence-electron chi connectivity index (χ4n) is 3.18. The van der Waals surface area contributed by atoms with Crippen LogP contribution in [0.2, 0.25) is 0 Å². The molecule has 0 aliphatic carbocycles. The molecule has 168 valence electrons. The molecule has 4 rings (SSSR count). The molecule has 0 spiro atoms. The number of nitrogens with two attached hydrogens (primary N) is 1. The lowest BCUT2D eigenvalue weighted by Crippen LogP contribution is -2.30. The van der Waals surface area contributed by atoms with Crippen LogP contribution in [0.1, 0.15) is 19.5 Å². The van der Waals surface area contributed by atoms with Gasteiger partial charge in [0, 0.05) is 42.0 Å². The molecule has 0 saturated carbocycles. The normalized spacial score (nSPS) is 12.1. The number of sulfonamides is 1. The fraction of sp³-hybridized carbons (Fsp3) is 0.263. The number of thioether (sulfide) groups is 1. The average molecular weight is 492 g/mol. The van der Waals surface area contributed by atoms with Crippen molar-refractivity contribution in [3.63, 3.8) is 0 Å². The molecule has 0 radical (unpaired) electrons. The first-order chi connectivity index (χ1) is 15.3. The zero-order valence-electron chi connectivity index (χ0n) is 17.4. The summed E-state index contributed by atoms with van der Waals surface area (Å²) in [4.78, 5) is 17.4. The van der Waals surface area contributed by atoms with Gasteiger partial charge in [-0.2, -0.15) is 4.31 Å². The van der Waals surface area contributed by atoms with Gasteiger partial charge >= 0.3 is 0 Å². The van der Waals surface area contributed by atoms with E-state index in [1.54, 1.807) is 49.7 Å². The van der Waals surface area contributed by atoms with Gasteiger partial charge in [0.15, 0.2) is 10.8 Å². The molecular formula is C19H21N7O3S3. The second-order valence-corrected chi connectivity index (χ2v) is 10.5. The van der Waals surface area contributed by atoms with Crippen molar-refractivity contribution >= 4 is 38.1 Å². The van der Waals surface area contributed by atoms with E-state index in [2.05, 4.69) is 15.2 Å². The molecule has 3 aromatic heterocycles. The van der Waals surface area contributed by atoms with Crippen molar-refractivity contribution < 1.29 is 8.42 Å². The van der Waals surface area contributed by atoms with E-state index in [1.165, 1.54) is 42.5 Å². The quantitative estimate of drug-likeness (QED) is 0.293. The van der Waals surface area contributed by atoms with Gasteiger partial charge in [0.2, 0.25) is 15.2 Å². The number of nitrogen functional groups attached to an aromatic ring is 1. The predicted molar refractivity (Wildman–Crippen MR) is 125 cm³/mol. The molecule has 0 bridgehead atoms. The number of rotatable bonds is 8. The minimum absolute atomic E-state index is 0.145. The summed E-state index contributed by atoms with van der Waals surface area (Å²) in [5.74, 6) is 6.92. The van der Waals surface area contributed by atoms with Gasteiger partial charge in [-0.1, -0.05) is 37.7 Å². The van der Waals surface area contributed by atoms with Crippen LogP contribution in [0.4, 0.5) is 0 Å². The van der Waals surface area contributed by atoms with E-state index in [0.717, 1.165) is 0 Å². The van der Waals surface area contributed by atoms with E-state index in [4.69, 9.17) is 5.84 Å². The van der Waals surface area contributed by atoms with E-state index in [1.807, 2.05) is 0 Å². The first-order valence-electron chi connectivity index (χ1n) is 9.74. The molecule has 3 heterocycles. The van der Waals surface area contributed by atoms with Gasteiger partial charge in [0.1, 0.15) is 0 Å². The Morgan fingerprint density at radius 1 is 1.19 bits per heavy atom. The number of aromatic nitrogens is 5. The standard InChI is InChI=1S/C19H21N7O3S3/c1-3-24(4-2)32(28,29)15-7-5-6-13(10-15)17-22-23-19(26(17)20)31-12-14-11-16(27)25-8-9-30-18(25)21-14/h5-11H,3-4,12,20H2,1-2H3. The maximum Gasteiger partial charge on any atom is 0.258 e. The Morgan fingerprint density at radius 3 is 2.72 bits per heavy atom. The van der Waals surface area contributed by atoms with Crippen LogP contribution in [0.3, 0.4) is 0 Å². The second kappa shape index (κ2) is 9.02. The molecule has 0 aliphatic rings. The third-order valence-electron chi connectivity index (χ3n) is 4.81. The van der Waals surface area contributed by atoms with Gasteiger partial charge in [-0.25, -0.2) is 18.1 Å². The largest absolute Gasteiger partial charge is 0.335 e. The van der Waals surface area contributed by atoms with E-state index in [0.29, 0.717) is 46.0 Å². The molecular weight excluding hydrogens is 470 g/mol. The van der Waals surface area contributed by atoms with E-state index in [9.17, 15) is 13.2 Å². The number of nitrogens with zero attached hydrogens (tertiary/aromatic N) is 6. The van der Waals surface area contributed by atoms with Crippen molar-refractivity contribution in [3.05, 3.63) is 58.0 Å². The summed E-state index contributed by atoms with van der Waals surface area (Å²) in [5.41, 5.74) is 1.00. The van der Waals surface area contributed by atoms with Crippen molar-refractivity contribution in [1.82, 2.24) is 28.6 Å². The van der Waals surface area contributed by atoms with Crippen LogP contribution in [0.15, 0.2) is 56.8 Å². The van der Waals surface area contributed by atoms with Gasteiger partial charge in [-0.05, 0) is 12.1 Å². The predicted octanol–water partition coefficient (Wildman–Crippen LogP) is 2.05. The average Bonchev–Trinajstić information content (AvgIpc) is 3.40. The van der Waals surface area contributed by atoms with Crippen molar-refractivity contribution in [2.24, 2.45) is 0 Å². The van der Waals surface area contributed by atoms with Crippen LogP contribution < -0.4 is 11.4 Å². The molecule has 10 nitrogen and oxygen atoms in total. The summed E-state index contributed by atoms with van der Waals surface area (Å²) in [6.45, 7) is 4.35. The summed E-state index contributed by atoms with van der Waals surface area (Å²) in [7, 11) is -3.61. The minimum Gasteiger partial charge on any atom is -0.335 e. The van der Waals surface area contributed by atoms with E-state index < -0.39 is 10.0 Å². The van der Waals surface area contributed by atoms with Crippen molar-refractivity contribution in [2.75, 3.05) is 18.9 Å². The Balaban J connectivity index is 1.58. The third-order valence-corrected chi connectivity index (χ3v) is 8.58. The highest BCUT2D eigenvalue weighted by atomic mass is 32.2. The number of benzene rings is 1. The zero-order chi connectivity index (χ0) is 22.9. The first kappa shape index (κ1) is 22.5. The molecule has 13 heteroatoms. The SMILES string of the molecule is CCN(CC)S(=O)(=O)c1cccc(-c2nnc(SCc3cc(=O)n4ccsc4n3)n2N)c1. The summed E-state index contributed by atoms with van der Waals surface area (Å²) in [6, 6.07) is 7.96. The van der Waals surface area contributed by atoms with E-state index in [-0.39, 0.29) is 10.5 Å². The van der Waals surface area contributed by atoms with Crippen molar-refractivity contribution in [3.8, 4) is 11.4 Å². The van der Waals surface area contributed by atoms with Crippen LogP contribution >= 0.6 is 23.1 Å². The Kier molecular flexibility index (Phi) is 6.33. The van der Waals surface area contributed by atoms with E-state index >= 15 is 0 Å². The van der Waals surface area contributed by atoms with Crippen molar-refractivity contribution in [1.29, 1.82) is 0 Å². The van der Waals surface area contributed by atoms with Gasteiger partial charge in [0.25, 0.3) is 5.56 Å². The summed E-state index contributed by atoms with van der Waals surface area (Å²) in [6.07, 6.45) is 1.68. The number of hydrogen-bond donors (Lipinski definition) is 1. The molecule has 2 N–H and O–H groups in total. The lowest BCUT2D eigenvalue weighted by Gasteiger charge is -2.18. The highest BCUT2D eigenvalue weighted by Crippen LogP contribution is 2.26. The third kappa shape index (κ3) is 4.16. The first-order valence-corrected chi connectivity index (χ1v) is 13.0. The number of hydrogen-bond acceptors (Lipinski definition) is 9. The van der Waals surface area contributed by atoms with Crippen LogP contribution in [0, 0.1) is 0 Å². The highest BCUT2D eigenvalue weighted by Gasteiger charge is 2.23. The molecule has 0 fully saturated rings. The van der Waals surface area contributed by atoms with Crippen LogP contribution in [0.25, 0.3) is 16.3 Å². The summed E-state index contributed by atoms with van der Waals surface area (Å²) in [5, 5.41) is 10.5. The summed E-state index contributed by atoms with van der Waals surface area (Å²) >= 11 is 2.67. The molecule has 0 aliphatic heterocycles. The Morgan fingerprint density at radius 2 is 1.97 bits per heavy atom. The monoisotopic (exact) mass is 491 g/mol. The van der Waals surface area contributed by atoms with Gasteiger partial charge < -0.3 is 5.84 Å². The van der Waals surface area contributed by atoms with Gasteiger partial charge in [-0.3, -0.25) is 9.20 Å². The Hall–Kier alpha value is -2.74. The lowest BCUT2D eigenvalue weighted by molar-refractivity contribution is 0.445. The molecule has 0 amide bonds. The number of fused-ring (bicyclic) bond motifs is 1. The smallest absolute Gasteiger partial charge is 0.258 e. The second-order valence-electron chi connectivity index (χ2n) is 6.72. The highest BCUT2D eigenvalue weighted by molar-refractivity contribution is 7.98. The molecule has 0 atom stereocenters. The molecule has 1 aromatic carbocycles. The van der Waals surface area contributed by atoms with Crippen LogP contribution in [0.5, 0.6) is 0 Å². The lowest BCUT2D eigenvalue weighted by atomic mass is 10.2. The maximum atomic E-state index is 12.8. The maximum absolute atomic E-state index is 12.8. The van der Waals surface area contributed by atoms with Gasteiger partial charge in [-0.15, -0.1) is 21.5 Å². The van der Waals surface area contributed by atoms with Gasteiger partial charge in [0.05, 0.1) is 10.6 Å². The zero-order valence-corrected chi connectivity index (χ0v) is 19.8. The topological polar surface area (TPSA) is 128 Å². The molecule has 0 unspecified atom stereocenters. The van der Waals surface area contributed by atoms with Crippen LogP contribution in [-0.2, 0) is 15.8 Å². The molecule has 32 heavy (non-hydrogen) atoms. The Bertz CT molecular complexity index is 1420. The Labute approximate surface area is 192 Å². The fourth-order valence-corrected chi connectivity index (χ4v) is 6.17. The van der Waals surface area contributed by atoms with Crippen molar-refractivity contribution in [2.45, 2.75) is 29.7 Å². The number of thiazole rings is 1.